The van der Waals surface area contributed by atoms with Crippen LogP contribution in [-0.2, 0) is 0 Å². The van der Waals surface area contributed by atoms with Crippen molar-refractivity contribution in [2.24, 2.45) is 16.2 Å². The van der Waals surface area contributed by atoms with Gasteiger partial charge in [0.1, 0.15) is 0 Å². The molecule has 0 aromatic heterocycles. The highest BCUT2D eigenvalue weighted by Gasteiger charge is 3.12. The third kappa shape index (κ3) is 1.89. The lowest BCUT2D eigenvalue weighted by Gasteiger charge is -2.66. The van der Waals surface area contributed by atoms with Crippen LogP contribution in [0, 0.1) is 16.2 Å². The summed E-state index contributed by atoms with van der Waals surface area (Å²) in [4.78, 5) is 3.32. The molecule has 0 aliphatic carbocycles. The fourth-order valence-corrected chi connectivity index (χ4v) is 40.0. The molecule has 5 rings (SSSR count). The Morgan fingerprint density at radius 2 is 1.13 bits per heavy atom. The predicted molar refractivity (Wildman–Crippen MR) is 144 cm³/mol. The minimum Gasteiger partial charge on any atom is -0.0656 e. The van der Waals surface area contributed by atoms with Crippen LogP contribution in [-0.4, -0.2) is 22.5 Å². The number of rotatable bonds is 2. The van der Waals surface area contributed by atoms with E-state index in [1.165, 1.54) is 0 Å². The Morgan fingerprint density at radius 3 is 1.53 bits per heavy atom. The van der Waals surface area contributed by atoms with E-state index in [1.54, 1.807) is 5.56 Å². The summed E-state index contributed by atoms with van der Waals surface area (Å²) in [7, 11) is -1.52. The van der Waals surface area contributed by atoms with E-state index >= 15 is 0 Å². The van der Waals surface area contributed by atoms with Gasteiger partial charge in [-0.25, -0.2) is 0 Å². The van der Waals surface area contributed by atoms with Crippen LogP contribution in [0.3, 0.4) is 0 Å². The van der Waals surface area contributed by atoms with Crippen LogP contribution in [0.25, 0.3) is 5.31 Å². The van der Waals surface area contributed by atoms with Crippen molar-refractivity contribution in [2.45, 2.75) is 96.4 Å². The molecule has 0 saturated carbocycles. The molecule has 0 spiro atoms. The molecule has 0 bridgehead atoms. The van der Waals surface area contributed by atoms with Gasteiger partial charge in [0.2, 0.25) is 0 Å². The largest absolute Gasteiger partial charge is 0.0791 e. The van der Waals surface area contributed by atoms with E-state index in [9.17, 15) is 0 Å². The van der Waals surface area contributed by atoms with Crippen molar-refractivity contribution >= 4 is 37.2 Å². The van der Waals surface area contributed by atoms with Gasteiger partial charge in [-0.3, -0.25) is 0 Å². The van der Waals surface area contributed by atoms with Gasteiger partial charge < -0.3 is 0 Å². The Morgan fingerprint density at radius 1 is 0.667 bits per heavy atom. The van der Waals surface area contributed by atoms with Crippen molar-refractivity contribution in [2.75, 3.05) is 0 Å². The van der Waals surface area contributed by atoms with Crippen molar-refractivity contribution in [3.8, 4) is 0 Å². The molecular weight excluding hydrogens is 433 g/mol. The zero-order valence-corrected chi connectivity index (χ0v) is 24.9. The van der Waals surface area contributed by atoms with E-state index in [0.717, 1.165) is 0 Å². The number of fused-ring (bicyclic) bond motifs is 3. The lowest BCUT2D eigenvalue weighted by atomic mass is 9.80. The van der Waals surface area contributed by atoms with Crippen LogP contribution in [0.15, 0.2) is 35.3 Å². The van der Waals surface area contributed by atoms with Gasteiger partial charge in [0.05, 0.1) is 8.07 Å². The lowest BCUT2D eigenvalue weighted by molar-refractivity contribution is 0.294. The molecule has 6 atom stereocenters. The molecule has 0 nitrogen and oxygen atoms in total. The summed E-state index contributed by atoms with van der Waals surface area (Å²) in [5, 5.41) is 1.91. The smallest absolute Gasteiger partial charge is 0.0656 e. The first-order chi connectivity index (χ1) is 13.5. The molecule has 1 aromatic carbocycles. The molecule has 4 aliphatic heterocycles. The van der Waals surface area contributed by atoms with Crippen molar-refractivity contribution in [1.29, 1.82) is 0 Å². The monoisotopic (exact) mass is 474 g/mol. The molecule has 0 N–H and O–H groups in total. The van der Waals surface area contributed by atoms with Gasteiger partial charge in [-0.15, -0.1) is 0 Å². The average molecular weight is 475 g/mol. The Labute approximate surface area is 190 Å². The fraction of sp³-hybridized carbons (Fsp3) is 0.692. The highest BCUT2D eigenvalue weighted by atomic mass is 31.3. The normalized spacial score (nSPS) is 41.9. The fourth-order valence-electron chi connectivity index (χ4n) is 7.76. The Hall–Kier alpha value is 0.467. The highest BCUT2D eigenvalue weighted by molar-refractivity contribution is 8.30. The van der Waals surface area contributed by atoms with Gasteiger partial charge in [-0.05, 0) is 40.0 Å². The first kappa shape index (κ1) is 22.3. The second kappa shape index (κ2) is 5.57. The quantitative estimate of drug-likeness (QED) is 0.295. The second-order valence-electron chi connectivity index (χ2n) is 14.0. The molecule has 3 saturated heterocycles. The summed E-state index contributed by atoms with van der Waals surface area (Å²) in [5.74, 6) is 0. The first-order valence-electron chi connectivity index (χ1n) is 11.7. The van der Waals surface area contributed by atoms with Gasteiger partial charge in [-0.1, -0.05) is 128 Å². The molecule has 4 heterocycles. The number of hydrogen-bond donors (Lipinski definition) is 0. The maximum atomic E-state index is 2.66. The van der Waals surface area contributed by atoms with E-state index in [-0.39, 0.29) is 23.8 Å². The third-order valence-electron chi connectivity index (χ3n) is 8.19. The molecule has 3 fully saturated rings. The summed E-state index contributed by atoms with van der Waals surface area (Å²) in [6.07, 6.45) is 0. The Bertz CT molecular complexity index is 969. The van der Waals surface area contributed by atoms with Crippen molar-refractivity contribution < 1.29 is 0 Å². The van der Waals surface area contributed by atoms with Crippen LogP contribution in [0.1, 0.15) is 67.9 Å². The van der Waals surface area contributed by atoms with E-state index in [4.69, 9.17) is 0 Å². The molecule has 164 valence electrons. The first-order valence-corrected chi connectivity index (χ1v) is 19.2. The zero-order chi connectivity index (χ0) is 22.5. The molecule has 30 heavy (non-hydrogen) atoms. The Balaban J connectivity index is 1.89. The van der Waals surface area contributed by atoms with E-state index in [0.29, 0.717) is 30.7 Å². The average Bonchev–Trinajstić information content (AvgIpc) is 2.84. The summed E-state index contributed by atoms with van der Waals surface area (Å²) >= 11 is 0. The molecule has 0 amide bonds. The molecular formula is C26H41P3Si. The summed E-state index contributed by atoms with van der Waals surface area (Å²) < 4.78 is 0.661. The van der Waals surface area contributed by atoms with Crippen LogP contribution in [0.5, 0.6) is 0 Å². The lowest BCUT2D eigenvalue weighted by Crippen LogP contribution is -2.47. The zero-order valence-electron chi connectivity index (χ0n) is 21.2. The van der Waals surface area contributed by atoms with Gasteiger partial charge in [-0.2, -0.15) is 0 Å². The molecule has 4 heteroatoms. The minimum absolute atomic E-state index is 0.0687. The van der Waals surface area contributed by atoms with Crippen molar-refractivity contribution in [3.63, 3.8) is 0 Å². The third-order valence-corrected chi connectivity index (χ3v) is 31.3. The minimum atomic E-state index is -1.43. The van der Waals surface area contributed by atoms with E-state index < -0.39 is 8.07 Å². The second-order valence-corrected chi connectivity index (χ2v) is 28.8. The van der Waals surface area contributed by atoms with E-state index in [2.05, 4.69) is 117 Å². The predicted octanol–water partition coefficient (Wildman–Crippen LogP) is 9.92. The molecule has 4 aliphatic rings. The van der Waals surface area contributed by atoms with Crippen LogP contribution >= 0.6 is 23.8 Å². The molecule has 2 unspecified atom stereocenters. The summed E-state index contributed by atoms with van der Waals surface area (Å²) in [5.41, 5.74) is 2.86. The standard InChI is InChI=1S/C26H41P3Si/c1-21(2,3)24-25(22(4,5)6)28-20(30(10,11)12)19(18-16-14-13-15-17-18)27(24)26(28,29(24)25)23(7,8)9/h13-17H,1-12H3/t24-,25+,26?,27-,28-,29?/m0/s1. The van der Waals surface area contributed by atoms with Gasteiger partial charge in [0.25, 0.3) is 0 Å². The summed E-state index contributed by atoms with van der Waals surface area (Å²) in [6, 6.07) is 11.7. The SMILES string of the molecule is CC(C)(C)C12P3[C@@]4(C(C)(C)C)[P@]1C([Si](C)(C)C)=C(c1ccccc1)[P@@]2[C@@]34C(C)(C)C. The highest BCUT2D eigenvalue weighted by Crippen LogP contribution is 3.38. The maximum Gasteiger partial charge on any atom is 0.0791 e. The van der Waals surface area contributed by atoms with Gasteiger partial charge in [0.15, 0.2) is 0 Å². The molecule has 0 radical (unpaired) electrons. The maximum absolute atomic E-state index is 2.66. The topological polar surface area (TPSA) is 0 Å². The van der Waals surface area contributed by atoms with Gasteiger partial charge >= 0.3 is 0 Å². The number of benzene rings is 1. The van der Waals surface area contributed by atoms with Crippen molar-refractivity contribution in [3.05, 3.63) is 40.8 Å². The van der Waals surface area contributed by atoms with Crippen LogP contribution in [0.2, 0.25) is 19.6 Å². The summed E-state index contributed by atoms with van der Waals surface area (Å²) in [6.45, 7) is 31.5. The van der Waals surface area contributed by atoms with Crippen molar-refractivity contribution in [1.82, 2.24) is 0 Å². The van der Waals surface area contributed by atoms with Gasteiger partial charge in [0, 0.05) is 14.4 Å². The van der Waals surface area contributed by atoms with E-state index in [1.807, 2.05) is 5.31 Å². The van der Waals surface area contributed by atoms with Crippen LogP contribution in [0.4, 0.5) is 0 Å². The van der Waals surface area contributed by atoms with Crippen LogP contribution < -0.4 is 0 Å². The Kier molecular flexibility index (Phi) is 4.14. The molecule has 1 aromatic rings. The number of hydrogen-bond acceptors (Lipinski definition) is 0.